The van der Waals surface area contributed by atoms with Crippen molar-refractivity contribution in [3.8, 4) is 0 Å². The van der Waals surface area contributed by atoms with Crippen LogP contribution in [-0.2, 0) is 22.7 Å². The van der Waals surface area contributed by atoms with Crippen LogP contribution in [0.25, 0.3) is 11.0 Å². The van der Waals surface area contributed by atoms with Crippen molar-refractivity contribution in [2.24, 2.45) is 5.92 Å². The van der Waals surface area contributed by atoms with Crippen LogP contribution in [0.4, 0.5) is 0 Å². The molecule has 1 heterocycles. The van der Waals surface area contributed by atoms with Crippen LogP contribution in [0, 0.1) is 5.92 Å². The average molecular weight is 385 g/mol. The molecule has 28 heavy (non-hydrogen) atoms. The van der Waals surface area contributed by atoms with Gasteiger partial charge in [-0.1, -0.05) is 44.7 Å². The van der Waals surface area contributed by atoms with Gasteiger partial charge in [-0.15, -0.1) is 0 Å². The highest BCUT2D eigenvalue weighted by Crippen LogP contribution is 2.24. The van der Waals surface area contributed by atoms with E-state index in [1.54, 1.807) is 4.90 Å². The number of carbonyl (C=O) groups excluding carboxylic acids is 2. The lowest BCUT2D eigenvalue weighted by Crippen LogP contribution is -2.34. The molecule has 0 unspecified atom stereocenters. The molecule has 0 radical (unpaired) electrons. The van der Waals surface area contributed by atoms with Gasteiger partial charge in [-0.3, -0.25) is 9.59 Å². The van der Waals surface area contributed by atoms with Gasteiger partial charge in [0.2, 0.25) is 11.8 Å². The molecular formula is C22H32N4O2. The number of rotatable bonds is 8. The van der Waals surface area contributed by atoms with Gasteiger partial charge in [0.15, 0.2) is 0 Å². The van der Waals surface area contributed by atoms with E-state index in [2.05, 4.69) is 17.2 Å². The van der Waals surface area contributed by atoms with Crippen LogP contribution in [0.2, 0.25) is 0 Å². The molecule has 0 atom stereocenters. The molecule has 1 aromatic carbocycles. The topological polar surface area (TPSA) is 67.2 Å². The van der Waals surface area contributed by atoms with Crippen molar-refractivity contribution < 1.29 is 9.59 Å². The Morgan fingerprint density at radius 2 is 1.96 bits per heavy atom. The van der Waals surface area contributed by atoms with E-state index in [0.29, 0.717) is 6.54 Å². The van der Waals surface area contributed by atoms with Crippen molar-refractivity contribution in [2.45, 2.75) is 65.0 Å². The third kappa shape index (κ3) is 4.91. The summed E-state index contributed by atoms with van der Waals surface area (Å²) in [6, 6.07) is 7.83. The van der Waals surface area contributed by atoms with Crippen LogP contribution < -0.4 is 5.32 Å². The fourth-order valence-corrected chi connectivity index (χ4v) is 3.89. The van der Waals surface area contributed by atoms with E-state index in [1.807, 2.05) is 35.9 Å². The van der Waals surface area contributed by atoms with Gasteiger partial charge in [-0.05, 0) is 31.4 Å². The molecule has 6 heteroatoms. The number of amides is 2. The summed E-state index contributed by atoms with van der Waals surface area (Å²) < 4.78 is 1.95. The van der Waals surface area contributed by atoms with E-state index in [0.717, 1.165) is 61.9 Å². The molecule has 1 aliphatic rings. The lowest BCUT2D eigenvalue weighted by atomic mass is 9.89. The molecule has 3 rings (SSSR count). The first-order chi connectivity index (χ1) is 13.6. The molecule has 0 saturated heterocycles. The SMILES string of the molecule is CCCCN(C)C(=O)Cn1c(CNC(=O)C2CCCCC2)nc2ccccc21. The van der Waals surface area contributed by atoms with Crippen LogP contribution in [-0.4, -0.2) is 39.9 Å². The van der Waals surface area contributed by atoms with Gasteiger partial charge in [0.05, 0.1) is 17.6 Å². The number of unbranched alkanes of at least 4 members (excludes halogenated alkanes) is 1. The summed E-state index contributed by atoms with van der Waals surface area (Å²) in [5, 5.41) is 3.06. The van der Waals surface area contributed by atoms with Crippen LogP contribution in [0.3, 0.4) is 0 Å². The molecule has 0 bridgehead atoms. The van der Waals surface area contributed by atoms with Gasteiger partial charge < -0.3 is 14.8 Å². The molecule has 2 amide bonds. The van der Waals surface area contributed by atoms with Crippen LogP contribution >= 0.6 is 0 Å². The van der Waals surface area contributed by atoms with E-state index < -0.39 is 0 Å². The van der Waals surface area contributed by atoms with Crippen molar-refractivity contribution in [1.29, 1.82) is 0 Å². The summed E-state index contributed by atoms with van der Waals surface area (Å²) in [4.78, 5) is 31.7. The smallest absolute Gasteiger partial charge is 0.242 e. The van der Waals surface area contributed by atoms with E-state index in [-0.39, 0.29) is 24.3 Å². The quantitative estimate of drug-likeness (QED) is 0.757. The normalized spacial score (nSPS) is 14.9. The van der Waals surface area contributed by atoms with Gasteiger partial charge in [0, 0.05) is 19.5 Å². The third-order valence-electron chi connectivity index (χ3n) is 5.70. The molecule has 1 aliphatic carbocycles. The van der Waals surface area contributed by atoms with Crippen molar-refractivity contribution in [3.05, 3.63) is 30.1 Å². The Morgan fingerprint density at radius 1 is 1.21 bits per heavy atom. The van der Waals surface area contributed by atoms with Crippen LogP contribution in [0.1, 0.15) is 57.7 Å². The number of benzene rings is 1. The summed E-state index contributed by atoms with van der Waals surface area (Å²) in [6.07, 6.45) is 7.50. The molecule has 1 saturated carbocycles. The number of aromatic nitrogens is 2. The predicted octanol–water partition coefficient (Wildman–Crippen LogP) is 3.49. The van der Waals surface area contributed by atoms with E-state index in [9.17, 15) is 9.59 Å². The highest BCUT2D eigenvalue weighted by molar-refractivity contribution is 5.81. The monoisotopic (exact) mass is 384 g/mol. The molecule has 0 spiro atoms. The Morgan fingerprint density at radius 3 is 2.71 bits per heavy atom. The molecular weight excluding hydrogens is 352 g/mol. The van der Waals surface area contributed by atoms with E-state index >= 15 is 0 Å². The molecule has 152 valence electrons. The van der Waals surface area contributed by atoms with E-state index in [1.165, 1.54) is 6.42 Å². The summed E-state index contributed by atoms with van der Waals surface area (Å²) >= 11 is 0. The second-order valence-electron chi connectivity index (χ2n) is 7.82. The Labute approximate surface area is 167 Å². The number of fused-ring (bicyclic) bond motifs is 1. The van der Waals surface area contributed by atoms with Crippen molar-refractivity contribution >= 4 is 22.8 Å². The lowest BCUT2D eigenvalue weighted by Gasteiger charge is -2.21. The Bertz CT molecular complexity index is 808. The van der Waals surface area contributed by atoms with Gasteiger partial charge in [0.25, 0.3) is 0 Å². The molecule has 1 fully saturated rings. The summed E-state index contributed by atoms with van der Waals surface area (Å²) in [7, 11) is 1.85. The van der Waals surface area contributed by atoms with Gasteiger partial charge in [-0.25, -0.2) is 4.98 Å². The first-order valence-corrected chi connectivity index (χ1v) is 10.6. The minimum Gasteiger partial charge on any atom is -0.349 e. The van der Waals surface area contributed by atoms with Gasteiger partial charge in [-0.2, -0.15) is 0 Å². The molecule has 6 nitrogen and oxygen atoms in total. The Kier molecular flexibility index (Phi) is 7.06. The first-order valence-electron chi connectivity index (χ1n) is 10.6. The summed E-state index contributed by atoms with van der Waals surface area (Å²) in [6.45, 7) is 3.48. The number of nitrogens with one attached hydrogen (secondary N) is 1. The maximum Gasteiger partial charge on any atom is 0.242 e. The zero-order valence-corrected chi connectivity index (χ0v) is 17.1. The highest BCUT2D eigenvalue weighted by atomic mass is 16.2. The average Bonchev–Trinajstić information content (AvgIpc) is 3.08. The lowest BCUT2D eigenvalue weighted by molar-refractivity contribution is -0.130. The van der Waals surface area contributed by atoms with Crippen molar-refractivity contribution in [2.75, 3.05) is 13.6 Å². The third-order valence-corrected chi connectivity index (χ3v) is 5.70. The fourth-order valence-electron chi connectivity index (χ4n) is 3.89. The second-order valence-corrected chi connectivity index (χ2v) is 7.82. The molecule has 1 aromatic heterocycles. The highest BCUT2D eigenvalue weighted by Gasteiger charge is 2.22. The largest absolute Gasteiger partial charge is 0.349 e. The molecule has 1 N–H and O–H groups in total. The zero-order chi connectivity index (χ0) is 19.9. The number of hydrogen-bond acceptors (Lipinski definition) is 3. The number of carbonyl (C=O) groups is 2. The number of nitrogens with zero attached hydrogens (tertiary/aromatic N) is 3. The fraction of sp³-hybridized carbons (Fsp3) is 0.591. The predicted molar refractivity (Wildman–Crippen MR) is 111 cm³/mol. The summed E-state index contributed by atoms with van der Waals surface area (Å²) in [5.74, 6) is 1.04. The molecule has 2 aromatic rings. The first kappa shape index (κ1) is 20.4. The summed E-state index contributed by atoms with van der Waals surface area (Å²) in [5.41, 5.74) is 1.79. The van der Waals surface area contributed by atoms with Crippen molar-refractivity contribution in [3.63, 3.8) is 0 Å². The van der Waals surface area contributed by atoms with Crippen LogP contribution in [0.15, 0.2) is 24.3 Å². The zero-order valence-electron chi connectivity index (χ0n) is 17.1. The number of likely N-dealkylation sites (N-methyl/N-ethyl adjacent to an activating group) is 1. The second kappa shape index (κ2) is 9.71. The number of hydrogen-bond donors (Lipinski definition) is 1. The maximum atomic E-state index is 12.7. The Hall–Kier alpha value is -2.37. The minimum atomic E-state index is 0.0662. The van der Waals surface area contributed by atoms with Gasteiger partial charge >= 0.3 is 0 Å². The minimum absolute atomic E-state index is 0.0662. The van der Waals surface area contributed by atoms with Crippen molar-refractivity contribution in [1.82, 2.24) is 19.8 Å². The van der Waals surface area contributed by atoms with E-state index in [4.69, 9.17) is 0 Å². The number of imidazole rings is 1. The standard InChI is InChI=1S/C22H32N4O2/c1-3-4-14-25(2)21(27)16-26-19-13-9-8-12-18(19)24-20(26)15-23-22(28)17-10-6-5-7-11-17/h8-9,12-13,17H,3-7,10-11,14-16H2,1-2H3,(H,23,28). The Balaban J connectivity index is 1.73. The van der Waals surface area contributed by atoms with Crippen LogP contribution in [0.5, 0.6) is 0 Å². The maximum absolute atomic E-state index is 12.7. The number of para-hydroxylation sites is 2. The molecule has 0 aliphatic heterocycles. The van der Waals surface area contributed by atoms with Gasteiger partial charge in [0.1, 0.15) is 12.4 Å².